The molecule has 0 saturated carbocycles. The van der Waals surface area contributed by atoms with Crippen LogP contribution in [-0.2, 0) is 11.3 Å². The molecular weight excluding hydrogens is 238 g/mol. The summed E-state index contributed by atoms with van der Waals surface area (Å²) in [5.74, 6) is -0.347. The molecule has 0 radical (unpaired) electrons. The van der Waals surface area contributed by atoms with Crippen LogP contribution in [0.3, 0.4) is 0 Å². The van der Waals surface area contributed by atoms with E-state index in [0.29, 0.717) is 12.1 Å². The average molecular weight is 255 g/mol. The minimum Gasteiger partial charge on any atom is -0.367 e. The second-order valence-electron chi connectivity index (χ2n) is 4.24. The number of aryl methyl sites for hydroxylation is 1. The van der Waals surface area contributed by atoms with Crippen LogP contribution in [0, 0.1) is 0 Å². The fraction of sp³-hybridized carbons (Fsp3) is 0.188. The first-order chi connectivity index (χ1) is 9.36. The molecule has 2 aromatic carbocycles. The quantitative estimate of drug-likeness (QED) is 0.637. The summed E-state index contributed by atoms with van der Waals surface area (Å²) in [5.41, 5.74) is 4.55. The highest BCUT2D eigenvalue weighted by atomic mass is 16.7. The van der Waals surface area contributed by atoms with Crippen LogP contribution in [0.5, 0.6) is 0 Å². The first-order valence-corrected chi connectivity index (χ1v) is 6.39. The van der Waals surface area contributed by atoms with E-state index in [1.807, 2.05) is 36.4 Å². The monoisotopic (exact) mass is 255 g/mol. The van der Waals surface area contributed by atoms with Crippen molar-refractivity contribution in [3.8, 4) is 0 Å². The van der Waals surface area contributed by atoms with Crippen molar-refractivity contribution >= 4 is 5.97 Å². The third kappa shape index (κ3) is 4.56. The standard InChI is InChI=1S/C16H17NO2/c18-16(15-11-5-2-6-12-15)19-17-13-7-10-14-8-3-1-4-9-14/h1-6,8-9,11-12,17H,7,10,13H2. The molecule has 0 spiro atoms. The summed E-state index contributed by atoms with van der Waals surface area (Å²) in [5, 5.41) is 0. The maximum absolute atomic E-state index is 11.6. The van der Waals surface area contributed by atoms with Gasteiger partial charge in [0.15, 0.2) is 0 Å². The lowest BCUT2D eigenvalue weighted by Crippen LogP contribution is -2.21. The Morgan fingerprint density at radius 2 is 1.58 bits per heavy atom. The Bertz CT molecular complexity index is 497. The first kappa shape index (κ1) is 13.3. The zero-order chi connectivity index (χ0) is 13.3. The molecule has 0 saturated heterocycles. The number of carbonyl (C=O) groups excluding carboxylic acids is 1. The molecule has 0 atom stereocenters. The summed E-state index contributed by atoms with van der Waals surface area (Å²) in [4.78, 5) is 16.6. The molecule has 3 nitrogen and oxygen atoms in total. The van der Waals surface area contributed by atoms with Crippen molar-refractivity contribution in [2.75, 3.05) is 6.54 Å². The van der Waals surface area contributed by atoms with E-state index < -0.39 is 0 Å². The van der Waals surface area contributed by atoms with Gasteiger partial charge in [-0.15, -0.1) is 0 Å². The molecular formula is C16H17NO2. The first-order valence-electron chi connectivity index (χ1n) is 6.39. The molecule has 0 fully saturated rings. The predicted octanol–water partition coefficient (Wildman–Crippen LogP) is 2.98. The molecule has 2 rings (SSSR count). The van der Waals surface area contributed by atoms with Crippen molar-refractivity contribution in [1.82, 2.24) is 5.48 Å². The van der Waals surface area contributed by atoms with Gasteiger partial charge in [-0.2, -0.15) is 5.48 Å². The number of hydroxylamine groups is 1. The molecule has 0 heterocycles. The molecule has 0 aliphatic heterocycles. The van der Waals surface area contributed by atoms with Gasteiger partial charge >= 0.3 is 5.97 Å². The molecule has 0 aliphatic carbocycles. The lowest BCUT2D eigenvalue weighted by molar-refractivity contribution is 0.0252. The molecule has 2 aromatic rings. The van der Waals surface area contributed by atoms with Crippen LogP contribution in [0.15, 0.2) is 60.7 Å². The molecule has 0 unspecified atom stereocenters. The fourth-order valence-corrected chi connectivity index (χ4v) is 1.76. The Labute approximate surface area is 113 Å². The normalized spacial score (nSPS) is 10.1. The predicted molar refractivity (Wildman–Crippen MR) is 74.6 cm³/mol. The van der Waals surface area contributed by atoms with Gasteiger partial charge < -0.3 is 4.84 Å². The van der Waals surface area contributed by atoms with E-state index in [2.05, 4.69) is 17.6 Å². The van der Waals surface area contributed by atoms with Crippen molar-refractivity contribution < 1.29 is 9.63 Å². The lowest BCUT2D eigenvalue weighted by Gasteiger charge is -2.05. The lowest BCUT2D eigenvalue weighted by atomic mass is 10.1. The Balaban J connectivity index is 1.63. The van der Waals surface area contributed by atoms with Crippen molar-refractivity contribution in [3.05, 3.63) is 71.8 Å². The molecule has 0 bridgehead atoms. The van der Waals surface area contributed by atoms with Crippen molar-refractivity contribution in [2.45, 2.75) is 12.8 Å². The minimum atomic E-state index is -0.347. The van der Waals surface area contributed by atoms with Crippen LogP contribution in [0.2, 0.25) is 0 Å². The number of benzene rings is 2. The van der Waals surface area contributed by atoms with E-state index in [0.717, 1.165) is 12.8 Å². The third-order valence-corrected chi connectivity index (χ3v) is 2.76. The highest BCUT2D eigenvalue weighted by molar-refractivity contribution is 5.89. The molecule has 0 aliphatic rings. The Morgan fingerprint density at radius 3 is 2.26 bits per heavy atom. The van der Waals surface area contributed by atoms with Crippen LogP contribution in [0.25, 0.3) is 0 Å². The summed E-state index contributed by atoms with van der Waals surface area (Å²) >= 11 is 0. The van der Waals surface area contributed by atoms with Crippen molar-refractivity contribution in [3.63, 3.8) is 0 Å². The van der Waals surface area contributed by atoms with Gasteiger partial charge in [-0.3, -0.25) is 0 Å². The van der Waals surface area contributed by atoms with Crippen LogP contribution in [0.1, 0.15) is 22.3 Å². The van der Waals surface area contributed by atoms with Crippen molar-refractivity contribution in [1.29, 1.82) is 0 Å². The molecule has 19 heavy (non-hydrogen) atoms. The summed E-state index contributed by atoms with van der Waals surface area (Å²) in [6, 6.07) is 19.2. The average Bonchev–Trinajstić information content (AvgIpc) is 2.49. The summed E-state index contributed by atoms with van der Waals surface area (Å²) in [7, 11) is 0. The second-order valence-corrected chi connectivity index (χ2v) is 4.24. The van der Waals surface area contributed by atoms with Crippen LogP contribution in [-0.4, -0.2) is 12.5 Å². The van der Waals surface area contributed by atoms with Gasteiger partial charge in [0.25, 0.3) is 0 Å². The number of hydrogen-bond acceptors (Lipinski definition) is 3. The zero-order valence-corrected chi connectivity index (χ0v) is 10.7. The third-order valence-electron chi connectivity index (χ3n) is 2.76. The highest BCUT2D eigenvalue weighted by Crippen LogP contribution is 2.02. The number of nitrogens with one attached hydrogen (secondary N) is 1. The maximum Gasteiger partial charge on any atom is 0.356 e. The Hall–Kier alpha value is -2.13. The van der Waals surface area contributed by atoms with Gasteiger partial charge in [-0.1, -0.05) is 48.5 Å². The Morgan fingerprint density at radius 1 is 0.947 bits per heavy atom. The highest BCUT2D eigenvalue weighted by Gasteiger charge is 2.05. The van der Waals surface area contributed by atoms with Crippen LogP contribution in [0.4, 0.5) is 0 Å². The molecule has 3 heteroatoms. The van der Waals surface area contributed by atoms with E-state index in [9.17, 15) is 4.79 Å². The smallest absolute Gasteiger partial charge is 0.356 e. The molecule has 0 amide bonds. The summed E-state index contributed by atoms with van der Waals surface area (Å²) in [6.45, 7) is 0.646. The van der Waals surface area contributed by atoms with E-state index in [1.165, 1.54) is 5.56 Å². The SMILES string of the molecule is O=C(ONCCCc1ccccc1)c1ccccc1. The van der Waals surface area contributed by atoms with Gasteiger partial charge in [0.1, 0.15) is 0 Å². The van der Waals surface area contributed by atoms with E-state index in [1.54, 1.807) is 12.1 Å². The van der Waals surface area contributed by atoms with Crippen molar-refractivity contribution in [2.24, 2.45) is 0 Å². The van der Waals surface area contributed by atoms with E-state index in [4.69, 9.17) is 4.84 Å². The van der Waals surface area contributed by atoms with Gasteiger partial charge in [-0.05, 0) is 30.5 Å². The molecule has 1 N–H and O–H groups in total. The van der Waals surface area contributed by atoms with Gasteiger partial charge in [0.05, 0.1) is 5.56 Å². The van der Waals surface area contributed by atoms with E-state index in [-0.39, 0.29) is 5.97 Å². The zero-order valence-electron chi connectivity index (χ0n) is 10.7. The summed E-state index contributed by atoms with van der Waals surface area (Å²) < 4.78 is 0. The van der Waals surface area contributed by atoms with Gasteiger partial charge in [0.2, 0.25) is 0 Å². The second kappa shape index (κ2) is 7.34. The molecule has 98 valence electrons. The number of carbonyl (C=O) groups is 1. The van der Waals surface area contributed by atoms with Crippen LogP contribution >= 0.6 is 0 Å². The topological polar surface area (TPSA) is 38.3 Å². The van der Waals surface area contributed by atoms with E-state index >= 15 is 0 Å². The largest absolute Gasteiger partial charge is 0.367 e. The molecule has 0 aromatic heterocycles. The maximum atomic E-state index is 11.6. The summed E-state index contributed by atoms with van der Waals surface area (Å²) in [6.07, 6.45) is 1.89. The van der Waals surface area contributed by atoms with Gasteiger partial charge in [-0.25, -0.2) is 4.79 Å². The fourth-order valence-electron chi connectivity index (χ4n) is 1.76. The minimum absolute atomic E-state index is 0.347. The van der Waals surface area contributed by atoms with Crippen LogP contribution < -0.4 is 5.48 Å². The number of rotatable bonds is 6. The number of hydrogen-bond donors (Lipinski definition) is 1. The Kier molecular flexibility index (Phi) is 5.14. The van der Waals surface area contributed by atoms with Gasteiger partial charge in [0, 0.05) is 6.54 Å².